The van der Waals surface area contributed by atoms with E-state index in [1.807, 2.05) is 0 Å². The molecule has 1 atom stereocenters. The van der Waals surface area contributed by atoms with Crippen LogP contribution in [-0.2, 0) is 21.4 Å². The second kappa shape index (κ2) is 10.3. The number of fused-ring (bicyclic) bond motifs is 1. The third-order valence-corrected chi connectivity index (χ3v) is 7.14. The van der Waals surface area contributed by atoms with Crippen LogP contribution >= 0.6 is 0 Å². The van der Waals surface area contributed by atoms with Crippen LogP contribution in [-0.4, -0.2) is 43.0 Å². The van der Waals surface area contributed by atoms with Crippen molar-refractivity contribution in [3.8, 4) is 17.0 Å². The number of carbonyl (C=O) groups excluding carboxylic acids is 1. The van der Waals surface area contributed by atoms with Gasteiger partial charge in [-0.15, -0.1) is 0 Å². The minimum Gasteiger partial charge on any atom is -0.480 e. The third-order valence-electron chi connectivity index (χ3n) is 5.74. The van der Waals surface area contributed by atoms with Crippen molar-refractivity contribution in [3.63, 3.8) is 0 Å². The van der Waals surface area contributed by atoms with Crippen molar-refractivity contribution in [2.24, 2.45) is 5.92 Å². The van der Waals surface area contributed by atoms with Crippen LogP contribution in [0.5, 0.6) is 5.88 Å². The van der Waals surface area contributed by atoms with Gasteiger partial charge in [-0.05, 0) is 35.9 Å². The van der Waals surface area contributed by atoms with Gasteiger partial charge in [-0.1, -0.05) is 25.1 Å². The van der Waals surface area contributed by atoms with Crippen molar-refractivity contribution in [3.05, 3.63) is 77.2 Å². The van der Waals surface area contributed by atoms with E-state index in [4.69, 9.17) is 4.74 Å². The normalized spacial score (nSPS) is 12.2. The van der Waals surface area contributed by atoms with Gasteiger partial charge in [0.1, 0.15) is 16.4 Å². The molecule has 2 heterocycles. The van der Waals surface area contributed by atoms with E-state index in [2.05, 4.69) is 20.0 Å². The Bertz CT molecular complexity index is 1660. The summed E-state index contributed by atoms with van der Waals surface area (Å²) < 4.78 is 48.7. The predicted molar refractivity (Wildman–Crippen MR) is 136 cm³/mol. The van der Waals surface area contributed by atoms with E-state index in [9.17, 15) is 22.4 Å². The average molecular weight is 526 g/mol. The van der Waals surface area contributed by atoms with Gasteiger partial charge < -0.3 is 10.1 Å². The Kier molecular flexibility index (Phi) is 7.21. The molecule has 1 amide bonds. The van der Waals surface area contributed by atoms with Gasteiger partial charge >= 0.3 is 0 Å². The summed E-state index contributed by atoms with van der Waals surface area (Å²) in [5.41, 5.74) is 1.16. The first kappa shape index (κ1) is 25.8. The fourth-order valence-corrected chi connectivity index (χ4v) is 4.93. The number of methoxy groups -OCH3 is 1. The van der Waals surface area contributed by atoms with Gasteiger partial charge in [0.25, 0.3) is 15.6 Å². The van der Waals surface area contributed by atoms with Crippen molar-refractivity contribution in [2.75, 3.05) is 18.9 Å². The fourth-order valence-electron chi connectivity index (χ4n) is 3.80. The van der Waals surface area contributed by atoms with E-state index < -0.39 is 26.7 Å². The standard InChI is InChI=1S/C25H24FN5O5S/c1-15(23(32)27-2)13-31-14-29-20-9-8-16(10-18(20)25(31)33)17-11-21(24(36-3)28-12-17)30-37(34,35)22-7-5-4-6-19(22)26/h4-12,14-15,30H,13H2,1-3H3,(H,27,32). The molecule has 2 N–H and O–H groups in total. The molecule has 0 bridgehead atoms. The van der Waals surface area contributed by atoms with Crippen LogP contribution in [0.4, 0.5) is 10.1 Å². The number of halogens is 1. The van der Waals surface area contributed by atoms with Gasteiger partial charge in [0.15, 0.2) is 0 Å². The van der Waals surface area contributed by atoms with Crippen molar-refractivity contribution in [2.45, 2.75) is 18.4 Å². The fraction of sp³-hybridized carbons (Fsp3) is 0.200. The van der Waals surface area contributed by atoms with Gasteiger partial charge in [-0.2, -0.15) is 0 Å². The number of rotatable bonds is 8. The molecular formula is C25H24FN5O5S. The highest BCUT2D eigenvalue weighted by molar-refractivity contribution is 7.92. The number of benzene rings is 2. The monoisotopic (exact) mass is 525 g/mol. The lowest BCUT2D eigenvalue weighted by atomic mass is 10.0. The summed E-state index contributed by atoms with van der Waals surface area (Å²) in [4.78, 5) is 33.0. The summed E-state index contributed by atoms with van der Waals surface area (Å²) in [7, 11) is -1.43. The molecule has 2 aromatic carbocycles. The van der Waals surface area contributed by atoms with Gasteiger partial charge in [0, 0.05) is 25.4 Å². The number of aromatic nitrogens is 3. The Labute approximate surface area is 212 Å². The Morgan fingerprint density at radius 3 is 2.59 bits per heavy atom. The number of ether oxygens (including phenoxy) is 1. The van der Waals surface area contributed by atoms with Gasteiger partial charge in [-0.25, -0.2) is 22.8 Å². The third kappa shape index (κ3) is 5.28. The Hall–Kier alpha value is -4.32. The van der Waals surface area contributed by atoms with Gasteiger partial charge in [0.05, 0.1) is 30.3 Å². The number of nitrogens with zero attached hydrogens (tertiary/aromatic N) is 3. The quantitative estimate of drug-likeness (QED) is 0.362. The van der Waals surface area contributed by atoms with Crippen molar-refractivity contribution < 1.29 is 22.3 Å². The molecule has 37 heavy (non-hydrogen) atoms. The topological polar surface area (TPSA) is 132 Å². The van der Waals surface area contributed by atoms with Crippen LogP contribution in [0.3, 0.4) is 0 Å². The number of anilines is 1. The van der Waals surface area contributed by atoms with Crippen molar-refractivity contribution >= 4 is 32.5 Å². The molecule has 0 aliphatic carbocycles. The summed E-state index contributed by atoms with van der Waals surface area (Å²) in [6.45, 7) is 1.86. The van der Waals surface area contributed by atoms with E-state index in [0.29, 0.717) is 22.0 Å². The van der Waals surface area contributed by atoms with Crippen molar-refractivity contribution in [1.82, 2.24) is 19.9 Å². The number of hydrogen-bond donors (Lipinski definition) is 2. The lowest BCUT2D eigenvalue weighted by Gasteiger charge is -2.14. The van der Waals surface area contributed by atoms with Crippen molar-refractivity contribution in [1.29, 1.82) is 0 Å². The highest BCUT2D eigenvalue weighted by Crippen LogP contribution is 2.31. The highest BCUT2D eigenvalue weighted by atomic mass is 32.2. The Morgan fingerprint density at radius 2 is 1.89 bits per heavy atom. The zero-order valence-corrected chi connectivity index (χ0v) is 21.0. The molecule has 0 radical (unpaired) electrons. The first-order chi connectivity index (χ1) is 17.6. The second-order valence-corrected chi connectivity index (χ2v) is 9.92. The maximum Gasteiger partial charge on any atom is 0.264 e. The number of carbonyl (C=O) groups is 1. The minimum atomic E-state index is -4.28. The summed E-state index contributed by atoms with van der Waals surface area (Å²) in [6.07, 6.45) is 2.86. The molecule has 0 spiro atoms. The Morgan fingerprint density at radius 1 is 1.14 bits per heavy atom. The molecular weight excluding hydrogens is 501 g/mol. The van der Waals surface area contributed by atoms with E-state index in [1.54, 1.807) is 25.1 Å². The van der Waals surface area contributed by atoms with Gasteiger partial charge in [0.2, 0.25) is 11.8 Å². The molecule has 4 rings (SSSR count). The zero-order chi connectivity index (χ0) is 26.7. The number of sulfonamides is 1. The highest BCUT2D eigenvalue weighted by Gasteiger charge is 2.21. The molecule has 0 saturated heterocycles. The van der Waals surface area contributed by atoms with E-state index >= 15 is 0 Å². The first-order valence-electron chi connectivity index (χ1n) is 11.2. The molecule has 0 saturated carbocycles. The molecule has 0 aliphatic heterocycles. The Balaban J connectivity index is 1.74. The lowest BCUT2D eigenvalue weighted by molar-refractivity contribution is -0.124. The molecule has 1 unspecified atom stereocenters. The van der Waals surface area contributed by atoms with Crippen LogP contribution in [0.1, 0.15) is 6.92 Å². The summed E-state index contributed by atoms with van der Waals surface area (Å²) in [5.74, 6) is -1.56. The number of amides is 1. The number of hydrogen-bond acceptors (Lipinski definition) is 7. The first-order valence-corrected chi connectivity index (χ1v) is 12.7. The smallest absolute Gasteiger partial charge is 0.264 e. The van der Waals surface area contributed by atoms with Gasteiger partial charge in [-0.3, -0.25) is 18.9 Å². The molecule has 192 valence electrons. The average Bonchev–Trinajstić information content (AvgIpc) is 2.89. The molecule has 12 heteroatoms. The van der Waals surface area contributed by atoms with E-state index in [0.717, 1.165) is 12.1 Å². The van der Waals surface area contributed by atoms with Crippen LogP contribution in [0.25, 0.3) is 22.0 Å². The summed E-state index contributed by atoms with van der Waals surface area (Å²) in [5, 5.41) is 2.87. The van der Waals surface area contributed by atoms with Crippen LogP contribution in [0, 0.1) is 11.7 Å². The molecule has 2 aromatic heterocycles. The summed E-state index contributed by atoms with van der Waals surface area (Å²) in [6, 6.07) is 11.5. The largest absolute Gasteiger partial charge is 0.480 e. The minimum absolute atomic E-state index is 0.00801. The SMILES string of the molecule is CNC(=O)C(C)Cn1cnc2ccc(-c3cnc(OC)c(NS(=O)(=O)c4ccccc4F)c3)cc2c1=O. The van der Waals surface area contributed by atoms with Crippen LogP contribution in [0.15, 0.2) is 70.7 Å². The predicted octanol–water partition coefficient (Wildman–Crippen LogP) is 2.79. The molecule has 10 nitrogen and oxygen atoms in total. The molecule has 4 aromatic rings. The lowest BCUT2D eigenvalue weighted by Crippen LogP contribution is -2.32. The van der Waals surface area contributed by atoms with E-state index in [1.165, 1.54) is 49.4 Å². The maximum absolute atomic E-state index is 14.2. The van der Waals surface area contributed by atoms with E-state index in [-0.39, 0.29) is 29.6 Å². The number of nitrogens with one attached hydrogen (secondary N) is 2. The zero-order valence-electron chi connectivity index (χ0n) is 20.2. The van der Waals surface area contributed by atoms with Crippen LogP contribution < -0.4 is 20.3 Å². The van der Waals surface area contributed by atoms with Crippen LogP contribution in [0.2, 0.25) is 0 Å². The molecule has 0 fully saturated rings. The summed E-state index contributed by atoms with van der Waals surface area (Å²) >= 11 is 0. The number of pyridine rings is 1. The molecule has 0 aliphatic rings. The second-order valence-electron chi connectivity index (χ2n) is 8.27. The maximum atomic E-state index is 14.2.